The molecule has 1 aliphatic carbocycles. The van der Waals surface area contributed by atoms with Gasteiger partial charge in [0.25, 0.3) is 0 Å². The lowest BCUT2D eigenvalue weighted by molar-refractivity contribution is -0.0000741. The van der Waals surface area contributed by atoms with Crippen molar-refractivity contribution in [3.05, 3.63) is 0 Å². The lowest BCUT2D eigenvalue weighted by Crippen LogP contribution is -2.52. The molecule has 5 nitrogen and oxygen atoms in total. The molecule has 4 unspecified atom stereocenters. The first-order chi connectivity index (χ1) is 11.8. The van der Waals surface area contributed by atoms with Crippen LogP contribution in [0.4, 0.5) is 4.79 Å². The van der Waals surface area contributed by atoms with E-state index in [1.165, 1.54) is 25.7 Å². The topological polar surface area (TPSA) is 58.6 Å². The monoisotopic (exact) mass is 372 g/mol. The van der Waals surface area contributed by atoms with Crippen LogP contribution in [0.15, 0.2) is 0 Å². The highest BCUT2D eigenvalue weighted by Gasteiger charge is 2.40. The maximum absolute atomic E-state index is 12.7. The summed E-state index contributed by atoms with van der Waals surface area (Å²) in [5, 5.41) is 3.68. The fourth-order valence-corrected chi connectivity index (χ4v) is 4.77. The number of hydrogen-bond acceptors (Lipinski definition) is 4. The van der Waals surface area contributed by atoms with Crippen LogP contribution in [0, 0.1) is 5.92 Å². The number of ether oxygens (including phenoxy) is 1. The molecule has 1 heterocycles. The molecule has 1 saturated carbocycles. The van der Waals surface area contributed by atoms with Crippen molar-refractivity contribution in [2.75, 3.05) is 25.1 Å². The molecule has 1 N–H and O–H groups in total. The van der Waals surface area contributed by atoms with Crippen LogP contribution >= 0.6 is 0 Å². The molecule has 1 saturated heterocycles. The van der Waals surface area contributed by atoms with Gasteiger partial charge in [-0.1, -0.05) is 6.42 Å². The minimum absolute atomic E-state index is 0.149. The van der Waals surface area contributed by atoms with Gasteiger partial charge in [0.15, 0.2) is 0 Å². The number of carbonyl (C=O) groups is 1. The highest BCUT2D eigenvalue weighted by Crippen LogP contribution is 2.36. The van der Waals surface area contributed by atoms with Gasteiger partial charge in [0.2, 0.25) is 0 Å². The fourth-order valence-electron chi connectivity index (χ4n) is 4.22. The number of piperidine rings is 1. The Morgan fingerprint density at radius 3 is 2.64 bits per heavy atom. The zero-order chi connectivity index (χ0) is 18.4. The second-order valence-corrected chi connectivity index (χ2v) is 10.1. The Kier molecular flexibility index (Phi) is 7.74. The first-order valence-electron chi connectivity index (χ1n) is 9.81. The molecule has 2 aliphatic rings. The maximum Gasteiger partial charge on any atom is 0.410 e. The molecule has 2 fully saturated rings. The summed E-state index contributed by atoms with van der Waals surface area (Å²) in [5.74, 6) is 1.28. The van der Waals surface area contributed by atoms with Gasteiger partial charge in [0.1, 0.15) is 5.60 Å². The van der Waals surface area contributed by atoms with Crippen LogP contribution in [0.2, 0.25) is 0 Å². The number of nitrogens with zero attached hydrogens (tertiary/aromatic N) is 1. The van der Waals surface area contributed by atoms with E-state index in [0.717, 1.165) is 38.1 Å². The lowest BCUT2D eigenvalue weighted by atomic mass is 9.87. The molecule has 146 valence electrons. The van der Waals surface area contributed by atoms with Crippen LogP contribution in [0.5, 0.6) is 0 Å². The molecule has 25 heavy (non-hydrogen) atoms. The average Bonchev–Trinajstić information content (AvgIpc) is 2.98. The van der Waals surface area contributed by atoms with Crippen LogP contribution < -0.4 is 5.32 Å². The minimum Gasteiger partial charge on any atom is -0.444 e. The molecule has 1 aliphatic heterocycles. The van der Waals surface area contributed by atoms with Gasteiger partial charge in [0.05, 0.1) is 0 Å². The van der Waals surface area contributed by atoms with Crippen LogP contribution in [0.3, 0.4) is 0 Å². The first-order valence-corrected chi connectivity index (χ1v) is 11.5. The summed E-state index contributed by atoms with van der Waals surface area (Å²) in [6, 6.07) is 0.766. The van der Waals surface area contributed by atoms with E-state index in [-0.39, 0.29) is 6.09 Å². The zero-order valence-electron chi connectivity index (χ0n) is 16.4. The van der Waals surface area contributed by atoms with Crippen molar-refractivity contribution in [1.82, 2.24) is 10.2 Å². The molecule has 0 aromatic heterocycles. The van der Waals surface area contributed by atoms with Crippen molar-refractivity contribution in [1.29, 1.82) is 0 Å². The predicted octanol–water partition coefficient (Wildman–Crippen LogP) is 3.30. The molecule has 0 aromatic carbocycles. The molecular formula is C19H36N2O3S. The fraction of sp³-hybridized carbons (Fsp3) is 0.947. The van der Waals surface area contributed by atoms with E-state index in [2.05, 4.69) is 5.32 Å². The summed E-state index contributed by atoms with van der Waals surface area (Å²) in [5.41, 5.74) is -0.442. The number of carbonyl (C=O) groups excluding carboxylic acids is 1. The van der Waals surface area contributed by atoms with Crippen molar-refractivity contribution >= 4 is 16.9 Å². The van der Waals surface area contributed by atoms with Crippen molar-refractivity contribution < 1.29 is 13.7 Å². The van der Waals surface area contributed by atoms with Gasteiger partial charge in [0, 0.05) is 41.4 Å². The van der Waals surface area contributed by atoms with Gasteiger partial charge in [-0.05, 0) is 71.8 Å². The first kappa shape index (κ1) is 20.7. The zero-order valence-corrected chi connectivity index (χ0v) is 17.2. The van der Waals surface area contributed by atoms with E-state index < -0.39 is 16.4 Å². The third-order valence-electron chi connectivity index (χ3n) is 5.26. The summed E-state index contributed by atoms with van der Waals surface area (Å²) < 4.78 is 16.9. The standard InChI is InChI=1S/C19H36N2O3S/c1-19(2,3)24-18(22)21-13-6-5-11-17(21)15-9-7-10-16(15)20-12-8-14-25(4)23/h15-17,20H,5-14H2,1-4H3. The lowest BCUT2D eigenvalue weighted by Gasteiger charge is -2.41. The van der Waals surface area contributed by atoms with Crippen LogP contribution in [0.25, 0.3) is 0 Å². The molecule has 0 bridgehead atoms. The Morgan fingerprint density at radius 1 is 1.20 bits per heavy atom. The summed E-state index contributed by atoms with van der Waals surface area (Å²) in [6.07, 6.45) is 9.50. The molecule has 0 spiro atoms. The van der Waals surface area contributed by atoms with Gasteiger partial charge in [-0.2, -0.15) is 0 Å². The summed E-state index contributed by atoms with van der Waals surface area (Å²) in [7, 11) is -0.713. The predicted molar refractivity (Wildman–Crippen MR) is 103 cm³/mol. The molecular weight excluding hydrogens is 336 g/mol. The number of amides is 1. The summed E-state index contributed by atoms with van der Waals surface area (Å²) in [6.45, 7) is 7.53. The smallest absolute Gasteiger partial charge is 0.410 e. The van der Waals surface area contributed by atoms with E-state index >= 15 is 0 Å². The summed E-state index contributed by atoms with van der Waals surface area (Å²) in [4.78, 5) is 14.7. The highest BCUT2D eigenvalue weighted by molar-refractivity contribution is 7.84. The largest absolute Gasteiger partial charge is 0.444 e. The second kappa shape index (κ2) is 9.36. The van der Waals surface area contributed by atoms with E-state index in [4.69, 9.17) is 4.74 Å². The maximum atomic E-state index is 12.7. The van der Waals surface area contributed by atoms with Gasteiger partial charge < -0.3 is 15.0 Å². The van der Waals surface area contributed by atoms with Gasteiger partial charge in [-0.3, -0.25) is 4.21 Å². The van der Waals surface area contributed by atoms with Crippen molar-refractivity contribution in [3.8, 4) is 0 Å². The van der Waals surface area contributed by atoms with E-state index in [1.54, 1.807) is 6.26 Å². The highest BCUT2D eigenvalue weighted by atomic mass is 32.2. The third-order valence-corrected chi connectivity index (χ3v) is 6.12. The van der Waals surface area contributed by atoms with Crippen LogP contribution in [-0.2, 0) is 15.5 Å². The van der Waals surface area contributed by atoms with E-state index in [9.17, 15) is 9.00 Å². The van der Waals surface area contributed by atoms with Gasteiger partial charge in [-0.15, -0.1) is 0 Å². The van der Waals surface area contributed by atoms with Crippen LogP contribution in [0.1, 0.15) is 65.7 Å². The number of likely N-dealkylation sites (tertiary alicyclic amines) is 1. The normalized spacial score (nSPS) is 28.8. The molecule has 6 heteroatoms. The van der Waals surface area contributed by atoms with E-state index in [0.29, 0.717) is 18.0 Å². The number of nitrogens with one attached hydrogen (secondary N) is 1. The number of rotatable bonds is 6. The van der Waals surface area contributed by atoms with Gasteiger partial charge in [-0.25, -0.2) is 4.79 Å². The van der Waals surface area contributed by atoms with E-state index in [1.807, 2.05) is 25.7 Å². The quantitative estimate of drug-likeness (QED) is 0.727. The number of hydrogen-bond donors (Lipinski definition) is 1. The van der Waals surface area contributed by atoms with Gasteiger partial charge >= 0.3 is 6.09 Å². The Bertz CT molecular complexity index is 464. The minimum atomic E-state index is -0.713. The van der Waals surface area contributed by atoms with Crippen molar-refractivity contribution in [2.24, 2.45) is 5.92 Å². The van der Waals surface area contributed by atoms with Crippen molar-refractivity contribution in [3.63, 3.8) is 0 Å². The third kappa shape index (κ3) is 6.55. The second-order valence-electron chi connectivity index (χ2n) is 8.52. The Morgan fingerprint density at radius 2 is 1.96 bits per heavy atom. The average molecular weight is 373 g/mol. The molecule has 4 atom stereocenters. The molecule has 2 rings (SSSR count). The Hall–Kier alpha value is -0.620. The Labute approximate surface area is 155 Å². The van der Waals surface area contributed by atoms with Crippen LogP contribution in [-0.4, -0.2) is 58.0 Å². The molecule has 0 radical (unpaired) electrons. The van der Waals surface area contributed by atoms with Crippen molar-refractivity contribution in [2.45, 2.75) is 83.4 Å². The molecule has 1 amide bonds. The Balaban J connectivity index is 1.95. The summed E-state index contributed by atoms with van der Waals surface area (Å²) >= 11 is 0. The molecule has 0 aromatic rings. The SMILES string of the molecule is CS(=O)CCCNC1CCCC1C1CCCCN1C(=O)OC(C)(C)C.